The molecule has 2 aromatic rings. The molecule has 1 atom stereocenters. The summed E-state index contributed by atoms with van der Waals surface area (Å²) in [6.45, 7) is 0. The van der Waals surface area contributed by atoms with Crippen molar-refractivity contribution in [1.29, 1.82) is 0 Å². The minimum absolute atomic E-state index is 0.105. The summed E-state index contributed by atoms with van der Waals surface area (Å²) in [6.07, 6.45) is 7.57. The Bertz CT molecular complexity index is 751. The van der Waals surface area contributed by atoms with Crippen molar-refractivity contribution in [1.82, 2.24) is 15.6 Å². The second kappa shape index (κ2) is 7.00. The first-order valence-electron chi connectivity index (χ1n) is 9.29. The molecule has 132 valence electrons. The van der Waals surface area contributed by atoms with Gasteiger partial charge in [-0.2, -0.15) is 0 Å². The van der Waals surface area contributed by atoms with Gasteiger partial charge in [0.05, 0.1) is 17.7 Å². The largest absolute Gasteiger partial charge is 0.393 e. The number of para-hydroxylation sites is 1. The van der Waals surface area contributed by atoms with Crippen LogP contribution in [0, 0.1) is 5.92 Å². The SMILES string of the molecule is O=C(NC1CCCC1)NC(c1cnc2ccccc2c1)C1CC(O)C1. The van der Waals surface area contributed by atoms with Gasteiger partial charge in [0.25, 0.3) is 0 Å². The van der Waals surface area contributed by atoms with Crippen LogP contribution in [0.25, 0.3) is 10.9 Å². The Morgan fingerprint density at radius 1 is 1.20 bits per heavy atom. The normalized spacial score (nSPS) is 24.7. The fourth-order valence-electron chi connectivity index (χ4n) is 4.07. The summed E-state index contributed by atoms with van der Waals surface area (Å²) >= 11 is 0. The molecule has 5 nitrogen and oxygen atoms in total. The zero-order valence-electron chi connectivity index (χ0n) is 14.3. The molecule has 4 rings (SSSR count). The van der Waals surface area contributed by atoms with E-state index < -0.39 is 0 Å². The molecule has 2 aliphatic rings. The number of benzene rings is 1. The van der Waals surface area contributed by atoms with Crippen LogP contribution in [0.1, 0.15) is 50.1 Å². The van der Waals surface area contributed by atoms with E-state index in [1.165, 1.54) is 12.8 Å². The van der Waals surface area contributed by atoms with Crippen molar-refractivity contribution in [3.05, 3.63) is 42.1 Å². The second-order valence-corrected chi connectivity index (χ2v) is 7.42. The average Bonchev–Trinajstić information content (AvgIpc) is 3.09. The highest BCUT2D eigenvalue weighted by atomic mass is 16.3. The lowest BCUT2D eigenvalue weighted by molar-refractivity contribution is 0.0258. The molecule has 0 radical (unpaired) electrons. The predicted octanol–water partition coefficient (Wildman–Crippen LogP) is 3.29. The van der Waals surface area contributed by atoms with Crippen LogP contribution in [0.5, 0.6) is 0 Å². The number of nitrogens with zero attached hydrogens (tertiary/aromatic N) is 1. The molecule has 1 aromatic heterocycles. The van der Waals surface area contributed by atoms with Crippen molar-refractivity contribution in [2.45, 2.75) is 56.7 Å². The lowest BCUT2D eigenvalue weighted by atomic mass is 9.75. The van der Waals surface area contributed by atoms with Gasteiger partial charge in [-0.05, 0) is 49.3 Å². The Labute approximate surface area is 147 Å². The molecule has 5 heteroatoms. The highest BCUT2D eigenvalue weighted by Crippen LogP contribution is 2.38. The Morgan fingerprint density at radius 3 is 2.72 bits per heavy atom. The van der Waals surface area contributed by atoms with E-state index in [1.807, 2.05) is 30.5 Å². The Balaban J connectivity index is 1.53. The number of nitrogens with one attached hydrogen (secondary N) is 2. The van der Waals surface area contributed by atoms with E-state index >= 15 is 0 Å². The van der Waals surface area contributed by atoms with Crippen molar-refractivity contribution in [2.24, 2.45) is 5.92 Å². The Hall–Kier alpha value is -2.14. The smallest absolute Gasteiger partial charge is 0.315 e. The first-order chi connectivity index (χ1) is 12.2. The van der Waals surface area contributed by atoms with Crippen LogP contribution in [0.15, 0.2) is 36.5 Å². The van der Waals surface area contributed by atoms with Gasteiger partial charge < -0.3 is 15.7 Å². The van der Waals surface area contributed by atoms with E-state index in [2.05, 4.69) is 21.7 Å². The lowest BCUT2D eigenvalue weighted by Gasteiger charge is -2.38. The molecular weight excluding hydrogens is 314 g/mol. The molecule has 0 spiro atoms. The molecule has 0 saturated heterocycles. The summed E-state index contributed by atoms with van der Waals surface area (Å²) < 4.78 is 0. The quantitative estimate of drug-likeness (QED) is 0.800. The van der Waals surface area contributed by atoms with Gasteiger partial charge >= 0.3 is 6.03 Å². The molecule has 1 unspecified atom stereocenters. The average molecular weight is 339 g/mol. The third kappa shape index (κ3) is 3.61. The monoisotopic (exact) mass is 339 g/mol. The van der Waals surface area contributed by atoms with Crippen molar-refractivity contribution in [3.8, 4) is 0 Å². The van der Waals surface area contributed by atoms with Gasteiger partial charge in [0.2, 0.25) is 0 Å². The molecule has 1 aromatic carbocycles. The van der Waals surface area contributed by atoms with Crippen LogP contribution in [-0.4, -0.2) is 28.3 Å². The molecule has 0 aliphatic heterocycles. The summed E-state index contributed by atoms with van der Waals surface area (Å²) in [5.74, 6) is 0.257. The van der Waals surface area contributed by atoms with Crippen LogP contribution in [0.2, 0.25) is 0 Å². The lowest BCUT2D eigenvalue weighted by Crippen LogP contribution is -2.47. The van der Waals surface area contributed by atoms with Crippen molar-refractivity contribution < 1.29 is 9.90 Å². The molecule has 2 saturated carbocycles. The first-order valence-corrected chi connectivity index (χ1v) is 9.29. The number of aromatic nitrogens is 1. The molecule has 1 heterocycles. The Morgan fingerprint density at radius 2 is 1.96 bits per heavy atom. The van der Waals surface area contributed by atoms with Crippen LogP contribution >= 0.6 is 0 Å². The maximum atomic E-state index is 12.5. The molecule has 2 amide bonds. The van der Waals surface area contributed by atoms with Gasteiger partial charge in [0, 0.05) is 17.6 Å². The maximum absolute atomic E-state index is 12.5. The fourth-order valence-corrected chi connectivity index (χ4v) is 4.07. The zero-order valence-corrected chi connectivity index (χ0v) is 14.3. The Kier molecular flexibility index (Phi) is 4.57. The fraction of sp³-hybridized carbons (Fsp3) is 0.500. The summed E-state index contributed by atoms with van der Waals surface area (Å²) in [5, 5.41) is 17.0. The van der Waals surface area contributed by atoms with E-state index in [1.54, 1.807) is 0 Å². The van der Waals surface area contributed by atoms with Crippen LogP contribution in [-0.2, 0) is 0 Å². The molecule has 3 N–H and O–H groups in total. The summed E-state index contributed by atoms with van der Waals surface area (Å²) in [4.78, 5) is 17.0. The van der Waals surface area contributed by atoms with Gasteiger partial charge in [-0.3, -0.25) is 4.98 Å². The number of hydrogen-bond donors (Lipinski definition) is 3. The maximum Gasteiger partial charge on any atom is 0.315 e. The van der Waals surface area contributed by atoms with Gasteiger partial charge in [-0.15, -0.1) is 0 Å². The number of aliphatic hydroxyl groups is 1. The topological polar surface area (TPSA) is 74.2 Å². The third-order valence-corrected chi connectivity index (χ3v) is 5.57. The molecular formula is C20H25N3O2. The highest BCUT2D eigenvalue weighted by Gasteiger charge is 2.36. The van der Waals surface area contributed by atoms with E-state index in [0.29, 0.717) is 6.04 Å². The molecule has 25 heavy (non-hydrogen) atoms. The summed E-state index contributed by atoms with van der Waals surface area (Å²) in [5.41, 5.74) is 1.96. The number of rotatable bonds is 4. The highest BCUT2D eigenvalue weighted by molar-refractivity contribution is 5.79. The third-order valence-electron chi connectivity index (χ3n) is 5.57. The van der Waals surface area contributed by atoms with Crippen molar-refractivity contribution in [3.63, 3.8) is 0 Å². The standard InChI is InChI=1S/C20H25N3O2/c24-17-10-14(11-17)19(23-20(25)22-16-6-2-3-7-16)15-9-13-5-1-4-8-18(13)21-12-15/h1,4-5,8-9,12,14,16-17,19,24H,2-3,6-7,10-11H2,(H2,22,23,25). The molecule has 2 fully saturated rings. The number of carbonyl (C=O) groups is 1. The van der Waals surface area contributed by atoms with Gasteiger partial charge in [-0.1, -0.05) is 31.0 Å². The van der Waals surface area contributed by atoms with Crippen LogP contribution in [0.4, 0.5) is 4.79 Å². The second-order valence-electron chi connectivity index (χ2n) is 7.42. The minimum atomic E-state index is -0.249. The van der Waals surface area contributed by atoms with Crippen molar-refractivity contribution >= 4 is 16.9 Å². The van der Waals surface area contributed by atoms with E-state index in [-0.39, 0.29) is 24.1 Å². The van der Waals surface area contributed by atoms with Crippen LogP contribution < -0.4 is 10.6 Å². The molecule has 2 aliphatic carbocycles. The number of carbonyl (C=O) groups excluding carboxylic acids is 1. The van der Waals surface area contributed by atoms with E-state index in [4.69, 9.17) is 0 Å². The van der Waals surface area contributed by atoms with E-state index in [0.717, 1.165) is 42.1 Å². The van der Waals surface area contributed by atoms with Crippen LogP contribution in [0.3, 0.4) is 0 Å². The minimum Gasteiger partial charge on any atom is -0.393 e. The van der Waals surface area contributed by atoms with Crippen molar-refractivity contribution in [2.75, 3.05) is 0 Å². The summed E-state index contributed by atoms with van der Waals surface area (Å²) in [7, 11) is 0. The number of pyridine rings is 1. The van der Waals surface area contributed by atoms with E-state index in [9.17, 15) is 9.90 Å². The number of hydrogen-bond acceptors (Lipinski definition) is 3. The van der Waals surface area contributed by atoms with Gasteiger partial charge in [0.15, 0.2) is 0 Å². The zero-order chi connectivity index (χ0) is 17.2. The van der Waals surface area contributed by atoms with Gasteiger partial charge in [0.1, 0.15) is 0 Å². The predicted molar refractivity (Wildman–Crippen MR) is 97.1 cm³/mol. The number of fused-ring (bicyclic) bond motifs is 1. The molecule has 0 bridgehead atoms. The number of urea groups is 1. The summed E-state index contributed by atoms with van der Waals surface area (Å²) in [6, 6.07) is 10.2. The van der Waals surface area contributed by atoms with Gasteiger partial charge in [-0.25, -0.2) is 4.79 Å². The number of aliphatic hydroxyl groups excluding tert-OH is 1. The number of amides is 2. The first kappa shape index (κ1) is 16.3.